The molecule has 1 aromatic rings. The fourth-order valence-corrected chi connectivity index (χ4v) is 3.81. The van der Waals surface area contributed by atoms with E-state index in [4.69, 9.17) is 14.2 Å². The van der Waals surface area contributed by atoms with Gasteiger partial charge in [0.1, 0.15) is 0 Å². The molecule has 0 amide bonds. The molecule has 3 rings (SSSR count). The van der Waals surface area contributed by atoms with Gasteiger partial charge in [0.2, 0.25) is 0 Å². The highest BCUT2D eigenvalue weighted by atomic mass is 16.5. The van der Waals surface area contributed by atoms with Crippen LogP contribution in [0.25, 0.3) is 0 Å². The molecule has 2 aliphatic rings. The van der Waals surface area contributed by atoms with Crippen LogP contribution >= 0.6 is 0 Å². The average Bonchev–Trinajstić information content (AvgIpc) is 3.01. The van der Waals surface area contributed by atoms with Crippen molar-refractivity contribution in [1.29, 1.82) is 0 Å². The molecule has 2 fully saturated rings. The molecule has 0 radical (unpaired) electrons. The number of likely N-dealkylation sites (tertiary alicyclic amines) is 1. The number of para-hydroxylation sites is 2. The van der Waals surface area contributed by atoms with Crippen molar-refractivity contribution in [3.63, 3.8) is 0 Å². The van der Waals surface area contributed by atoms with Gasteiger partial charge in [-0.25, -0.2) is 0 Å². The van der Waals surface area contributed by atoms with Gasteiger partial charge in [-0.3, -0.25) is 0 Å². The van der Waals surface area contributed by atoms with Crippen LogP contribution in [-0.4, -0.2) is 51.5 Å². The third-order valence-electron chi connectivity index (χ3n) is 5.17. The summed E-state index contributed by atoms with van der Waals surface area (Å²) in [5.74, 6) is 2.51. The van der Waals surface area contributed by atoms with Crippen molar-refractivity contribution in [3.8, 4) is 11.5 Å². The molecule has 1 aliphatic heterocycles. The third-order valence-corrected chi connectivity index (χ3v) is 5.17. The number of fused-ring (bicyclic) bond motifs is 1. The van der Waals surface area contributed by atoms with E-state index in [1.807, 2.05) is 24.3 Å². The molecule has 1 heterocycles. The van der Waals surface area contributed by atoms with E-state index in [0.717, 1.165) is 36.5 Å². The number of ether oxygens (including phenoxy) is 3. The fraction of sp³-hybridized carbons (Fsp3) is 0.700. The monoisotopic (exact) mass is 335 g/mol. The van der Waals surface area contributed by atoms with Crippen LogP contribution in [0.4, 0.5) is 0 Å². The van der Waals surface area contributed by atoms with Gasteiger partial charge in [-0.05, 0) is 63.7 Å². The molecule has 0 N–H and O–H groups in total. The summed E-state index contributed by atoms with van der Waals surface area (Å²) in [6.45, 7) is 4.44. The molecule has 3 atom stereocenters. The lowest BCUT2D eigenvalue weighted by Crippen LogP contribution is -2.38. The van der Waals surface area contributed by atoms with Gasteiger partial charge in [0.05, 0.1) is 20.3 Å². The molecule has 3 unspecified atom stereocenters. The maximum atomic E-state index is 5.86. The predicted octanol–water partition coefficient (Wildman–Crippen LogP) is 3.99. The standard InChI is InChI=1S/C12H23NO.C8H10O2/c1-3-8-14-11-5-4-10-6-7-13(2)12(10)9-11;1-9-7-5-3-4-6-8(7)10-2/h10-12H,3-9H2,1-2H3;3-6H,1-2H3. The van der Waals surface area contributed by atoms with E-state index >= 15 is 0 Å². The first kappa shape index (κ1) is 19.1. The molecule has 1 aromatic carbocycles. The van der Waals surface area contributed by atoms with Crippen LogP contribution in [0.3, 0.4) is 0 Å². The molecular weight excluding hydrogens is 302 g/mol. The highest BCUT2D eigenvalue weighted by molar-refractivity contribution is 5.39. The van der Waals surface area contributed by atoms with Gasteiger partial charge in [-0.1, -0.05) is 19.1 Å². The molecule has 136 valence electrons. The van der Waals surface area contributed by atoms with Gasteiger partial charge in [0, 0.05) is 12.6 Å². The zero-order valence-corrected chi connectivity index (χ0v) is 15.7. The minimum Gasteiger partial charge on any atom is -0.493 e. The quantitative estimate of drug-likeness (QED) is 0.814. The predicted molar refractivity (Wildman–Crippen MR) is 98.0 cm³/mol. The van der Waals surface area contributed by atoms with E-state index in [1.165, 1.54) is 32.2 Å². The van der Waals surface area contributed by atoms with Crippen LogP contribution in [-0.2, 0) is 4.74 Å². The van der Waals surface area contributed by atoms with Crippen LogP contribution in [0, 0.1) is 5.92 Å². The summed E-state index contributed by atoms with van der Waals surface area (Å²) in [5.41, 5.74) is 0. The fourth-order valence-electron chi connectivity index (χ4n) is 3.81. The molecule has 0 spiro atoms. The number of hydrogen-bond donors (Lipinski definition) is 0. The lowest BCUT2D eigenvalue weighted by Gasteiger charge is -2.34. The smallest absolute Gasteiger partial charge is 0.160 e. The number of hydrogen-bond acceptors (Lipinski definition) is 4. The first-order valence-electron chi connectivity index (χ1n) is 9.18. The Hall–Kier alpha value is -1.26. The summed E-state index contributed by atoms with van der Waals surface area (Å²) >= 11 is 0. The van der Waals surface area contributed by atoms with Crippen molar-refractivity contribution in [3.05, 3.63) is 24.3 Å². The second-order valence-corrected chi connectivity index (χ2v) is 6.76. The highest BCUT2D eigenvalue weighted by Crippen LogP contribution is 2.36. The first-order valence-corrected chi connectivity index (χ1v) is 9.18. The van der Waals surface area contributed by atoms with E-state index in [2.05, 4.69) is 18.9 Å². The molecule has 4 nitrogen and oxygen atoms in total. The maximum absolute atomic E-state index is 5.86. The summed E-state index contributed by atoms with van der Waals surface area (Å²) in [4.78, 5) is 2.53. The van der Waals surface area contributed by atoms with Gasteiger partial charge in [0.25, 0.3) is 0 Å². The Morgan fingerprint density at radius 1 is 1.04 bits per heavy atom. The second-order valence-electron chi connectivity index (χ2n) is 6.76. The summed E-state index contributed by atoms with van der Waals surface area (Å²) in [6, 6.07) is 8.35. The van der Waals surface area contributed by atoms with Crippen LogP contribution in [0.5, 0.6) is 11.5 Å². The molecular formula is C20H33NO3. The zero-order valence-electron chi connectivity index (χ0n) is 15.7. The largest absolute Gasteiger partial charge is 0.493 e. The second kappa shape index (κ2) is 9.90. The van der Waals surface area contributed by atoms with E-state index in [9.17, 15) is 0 Å². The van der Waals surface area contributed by atoms with Crippen molar-refractivity contribution in [1.82, 2.24) is 4.90 Å². The summed E-state index contributed by atoms with van der Waals surface area (Å²) in [7, 11) is 5.52. The molecule has 1 aliphatic carbocycles. The Bertz CT molecular complexity index is 457. The minimum atomic E-state index is 0.553. The molecule has 0 bridgehead atoms. The lowest BCUT2D eigenvalue weighted by molar-refractivity contribution is 0.000327. The maximum Gasteiger partial charge on any atom is 0.160 e. The Labute approximate surface area is 147 Å². The highest BCUT2D eigenvalue weighted by Gasteiger charge is 2.37. The van der Waals surface area contributed by atoms with Crippen molar-refractivity contribution in [2.75, 3.05) is 34.4 Å². The number of benzene rings is 1. The topological polar surface area (TPSA) is 30.9 Å². The van der Waals surface area contributed by atoms with Gasteiger partial charge in [-0.2, -0.15) is 0 Å². The SMILES string of the molecule is CCCOC1CCC2CCN(C)C2C1.COc1ccccc1OC. The van der Waals surface area contributed by atoms with Gasteiger partial charge < -0.3 is 19.1 Å². The van der Waals surface area contributed by atoms with Crippen LogP contribution < -0.4 is 9.47 Å². The van der Waals surface area contributed by atoms with E-state index in [0.29, 0.717) is 6.10 Å². The Morgan fingerprint density at radius 3 is 2.29 bits per heavy atom. The van der Waals surface area contributed by atoms with Gasteiger partial charge in [0.15, 0.2) is 11.5 Å². The molecule has 4 heteroatoms. The minimum absolute atomic E-state index is 0.553. The van der Waals surface area contributed by atoms with Crippen LogP contribution in [0.1, 0.15) is 39.0 Å². The Kier molecular flexibility index (Phi) is 7.86. The average molecular weight is 335 g/mol. The molecule has 0 aromatic heterocycles. The van der Waals surface area contributed by atoms with E-state index < -0.39 is 0 Å². The summed E-state index contributed by atoms with van der Waals surface area (Å²) < 4.78 is 15.9. The van der Waals surface area contributed by atoms with Crippen molar-refractivity contribution in [2.45, 2.75) is 51.2 Å². The van der Waals surface area contributed by atoms with Crippen LogP contribution in [0.2, 0.25) is 0 Å². The van der Waals surface area contributed by atoms with Gasteiger partial charge >= 0.3 is 0 Å². The van der Waals surface area contributed by atoms with Crippen molar-refractivity contribution in [2.24, 2.45) is 5.92 Å². The van der Waals surface area contributed by atoms with Crippen molar-refractivity contribution < 1.29 is 14.2 Å². The third kappa shape index (κ3) is 5.12. The first-order chi connectivity index (χ1) is 11.7. The Morgan fingerprint density at radius 2 is 1.71 bits per heavy atom. The lowest BCUT2D eigenvalue weighted by atomic mass is 9.83. The van der Waals surface area contributed by atoms with E-state index in [-0.39, 0.29) is 0 Å². The molecule has 1 saturated carbocycles. The number of nitrogens with zero attached hydrogens (tertiary/aromatic N) is 1. The van der Waals surface area contributed by atoms with Crippen molar-refractivity contribution >= 4 is 0 Å². The number of methoxy groups -OCH3 is 2. The molecule has 24 heavy (non-hydrogen) atoms. The zero-order chi connectivity index (χ0) is 17.4. The normalized spacial score (nSPS) is 26.2. The van der Waals surface area contributed by atoms with E-state index in [1.54, 1.807) is 14.2 Å². The number of rotatable bonds is 5. The molecule has 1 saturated heterocycles. The Balaban J connectivity index is 0.000000185. The van der Waals surface area contributed by atoms with Gasteiger partial charge in [-0.15, -0.1) is 0 Å². The summed E-state index contributed by atoms with van der Waals surface area (Å²) in [6.07, 6.45) is 7.10. The summed E-state index contributed by atoms with van der Waals surface area (Å²) in [5, 5.41) is 0. The van der Waals surface area contributed by atoms with Crippen LogP contribution in [0.15, 0.2) is 24.3 Å².